The SMILES string of the molecule is CC(=O)N1CCN(C(=O)C(c2ccc(C(C)C)cc2)c2ccccn2)CC1. The van der Waals surface area contributed by atoms with Crippen LogP contribution in [0, 0.1) is 0 Å². The van der Waals surface area contributed by atoms with Crippen LogP contribution >= 0.6 is 0 Å². The topological polar surface area (TPSA) is 53.5 Å². The van der Waals surface area contributed by atoms with Gasteiger partial charge in [-0.25, -0.2) is 0 Å². The predicted molar refractivity (Wildman–Crippen MR) is 105 cm³/mol. The van der Waals surface area contributed by atoms with Gasteiger partial charge in [0.1, 0.15) is 5.92 Å². The van der Waals surface area contributed by atoms with E-state index in [1.807, 2.05) is 35.2 Å². The Balaban J connectivity index is 1.87. The number of hydrogen-bond donors (Lipinski definition) is 0. The third-order valence-corrected chi connectivity index (χ3v) is 5.20. The highest BCUT2D eigenvalue weighted by molar-refractivity contribution is 5.87. The number of benzene rings is 1. The van der Waals surface area contributed by atoms with E-state index in [0.29, 0.717) is 32.1 Å². The third kappa shape index (κ3) is 4.35. The Hall–Kier alpha value is -2.69. The molecule has 142 valence electrons. The lowest BCUT2D eigenvalue weighted by Gasteiger charge is -2.36. The molecule has 0 radical (unpaired) electrons. The Kier molecular flexibility index (Phi) is 5.89. The van der Waals surface area contributed by atoms with Gasteiger partial charge in [-0.05, 0) is 29.2 Å². The quantitative estimate of drug-likeness (QED) is 0.837. The smallest absolute Gasteiger partial charge is 0.236 e. The van der Waals surface area contributed by atoms with Crippen molar-refractivity contribution in [2.75, 3.05) is 26.2 Å². The molecule has 1 aliphatic heterocycles. The van der Waals surface area contributed by atoms with Crippen molar-refractivity contribution in [2.45, 2.75) is 32.6 Å². The summed E-state index contributed by atoms with van der Waals surface area (Å²) in [6, 6.07) is 14.0. The van der Waals surface area contributed by atoms with Crippen LogP contribution in [-0.2, 0) is 9.59 Å². The zero-order chi connectivity index (χ0) is 19.4. The molecule has 0 saturated carbocycles. The number of pyridine rings is 1. The average molecular weight is 365 g/mol. The van der Waals surface area contributed by atoms with Gasteiger partial charge in [-0.2, -0.15) is 0 Å². The minimum absolute atomic E-state index is 0.0502. The molecule has 2 aromatic rings. The molecule has 5 heteroatoms. The first kappa shape index (κ1) is 19.1. The van der Waals surface area contributed by atoms with Gasteiger partial charge in [0.15, 0.2) is 0 Å². The number of aromatic nitrogens is 1. The first-order valence-electron chi connectivity index (χ1n) is 9.52. The molecule has 2 heterocycles. The van der Waals surface area contributed by atoms with Crippen molar-refractivity contribution in [3.05, 3.63) is 65.5 Å². The van der Waals surface area contributed by atoms with Crippen LogP contribution in [0.25, 0.3) is 0 Å². The van der Waals surface area contributed by atoms with Crippen LogP contribution in [0.3, 0.4) is 0 Å². The van der Waals surface area contributed by atoms with Gasteiger partial charge in [-0.3, -0.25) is 14.6 Å². The minimum atomic E-state index is -0.420. The van der Waals surface area contributed by atoms with Crippen molar-refractivity contribution >= 4 is 11.8 Å². The summed E-state index contributed by atoms with van der Waals surface area (Å²) >= 11 is 0. The van der Waals surface area contributed by atoms with Gasteiger partial charge in [-0.1, -0.05) is 44.2 Å². The lowest BCUT2D eigenvalue weighted by atomic mass is 9.91. The maximum absolute atomic E-state index is 13.4. The fourth-order valence-electron chi connectivity index (χ4n) is 3.48. The van der Waals surface area contributed by atoms with Crippen LogP contribution < -0.4 is 0 Å². The second kappa shape index (κ2) is 8.33. The maximum atomic E-state index is 13.4. The molecule has 1 aromatic heterocycles. The summed E-state index contributed by atoms with van der Waals surface area (Å²) in [5.41, 5.74) is 2.96. The predicted octanol–water partition coefficient (Wildman–Crippen LogP) is 3.03. The summed E-state index contributed by atoms with van der Waals surface area (Å²) in [6.07, 6.45) is 1.73. The fraction of sp³-hybridized carbons (Fsp3) is 0.409. The van der Waals surface area contributed by atoms with Crippen molar-refractivity contribution in [2.24, 2.45) is 0 Å². The highest BCUT2D eigenvalue weighted by atomic mass is 16.2. The van der Waals surface area contributed by atoms with Crippen molar-refractivity contribution < 1.29 is 9.59 Å². The molecule has 1 saturated heterocycles. The first-order chi connectivity index (χ1) is 13.0. The van der Waals surface area contributed by atoms with E-state index in [-0.39, 0.29) is 11.8 Å². The van der Waals surface area contributed by atoms with Crippen LogP contribution in [0.1, 0.15) is 49.4 Å². The van der Waals surface area contributed by atoms with Crippen molar-refractivity contribution in [3.63, 3.8) is 0 Å². The van der Waals surface area contributed by atoms with E-state index in [2.05, 4.69) is 31.0 Å². The van der Waals surface area contributed by atoms with Gasteiger partial charge in [0.25, 0.3) is 0 Å². The molecular formula is C22H27N3O2. The number of amides is 2. The van der Waals surface area contributed by atoms with Crippen LogP contribution in [0.2, 0.25) is 0 Å². The normalized spacial score (nSPS) is 15.7. The lowest BCUT2D eigenvalue weighted by molar-refractivity contribution is -0.138. The van der Waals surface area contributed by atoms with Crippen molar-refractivity contribution in [3.8, 4) is 0 Å². The Morgan fingerprint density at radius 2 is 1.48 bits per heavy atom. The monoisotopic (exact) mass is 365 g/mol. The summed E-state index contributed by atoms with van der Waals surface area (Å²) in [4.78, 5) is 33.0. The van der Waals surface area contributed by atoms with Crippen LogP contribution in [0.5, 0.6) is 0 Å². The number of hydrogen-bond acceptors (Lipinski definition) is 3. The van der Waals surface area contributed by atoms with Gasteiger partial charge >= 0.3 is 0 Å². The van der Waals surface area contributed by atoms with Crippen LogP contribution in [0.15, 0.2) is 48.7 Å². The molecule has 1 aliphatic rings. The summed E-state index contributed by atoms with van der Waals surface area (Å²) in [5, 5.41) is 0. The summed E-state index contributed by atoms with van der Waals surface area (Å²) in [6.45, 7) is 8.18. The summed E-state index contributed by atoms with van der Waals surface area (Å²) in [7, 11) is 0. The first-order valence-corrected chi connectivity index (χ1v) is 9.52. The average Bonchev–Trinajstić information content (AvgIpc) is 2.69. The number of carbonyl (C=O) groups excluding carboxylic acids is 2. The number of piperazine rings is 1. The molecule has 1 aromatic carbocycles. The van der Waals surface area contributed by atoms with Crippen molar-refractivity contribution in [1.82, 2.24) is 14.8 Å². The van der Waals surface area contributed by atoms with E-state index in [0.717, 1.165) is 11.3 Å². The van der Waals surface area contributed by atoms with Crippen LogP contribution in [0.4, 0.5) is 0 Å². The molecule has 1 atom stereocenters. The standard InChI is InChI=1S/C22H27N3O2/c1-16(2)18-7-9-19(10-8-18)21(20-6-4-5-11-23-20)22(27)25-14-12-24(13-15-25)17(3)26/h4-11,16,21H,12-15H2,1-3H3. The fourth-order valence-corrected chi connectivity index (χ4v) is 3.48. The molecule has 0 N–H and O–H groups in total. The molecule has 0 spiro atoms. The van der Waals surface area contributed by atoms with Gasteiger partial charge < -0.3 is 9.80 Å². The summed E-state index contributed by atoms with van der Waals surface area (Å²) in [5.74, 6) is 0.140. The van der Waals surface area contributed by atoms with E-state index in [9.17, 15) is 9.59 Å². The minimum Gasteiger partial charge on any atom is -0.339 e. The maximum Gasteiger partial charge on any atom is 0.236 e. The van der Waals surface area contributed by atoms with Crippen LogP contribution in [-0.4, -0.2) is 52.8 Å². The molecule has 2 amide bonds. The Labute approximate surface area is 161 Å². The Morgan fingerprint density at radius 1 is 0.889 bits per heavy atom. The molecule has 1 fully saturated rings. The largest absolute Gasteiger partial charge is 0.339 e. The highest BCUT2D eigenvalue weighted by Gasteiger charge is 2.31. The van der Waals surface area contributed by atoms with E-state index in [1.54, 1.807) is 18.0 Å². The second-order valence-electron chi connectivity index (χ2n) is 7.34. The zero-order valence-electron chi connectivity index (χ0n) is 16.3. The molecular weight excluding hydrogens is 338 g/mol. The molecule has 0 bridgehead atoms. The number of rotatable bonds is 4. The number of carbonyl (C=O) groups is 2. The molecule has 0 aliphatic carbocycles. The Bertz CT molecular complexity index is 779. The van der Waals surface area contributed by atoms with E-state index >= 15 is 0 Å². The molecule has 27 heavy (non-hydrogen) atoms. The second-order valence-corrected chi connectivity index (χ2v) is 7.34. The molecule has 3 rings (SSSR count). The van der Waals surface area contributed by atoms with Gasteiger partial charge in [-0.15, -0.1) is 0 Å². The van der Waals surface area contributed by atoms with E-state index in [4.69, 9.17) is 0 Å². The highest BCUT2D eigenvalue weighted by Crippen LogP contribution is 2.27. The zero-order valence-corrected chi connectivity index (χ0v) is 16.3. The van der Waals surface area contributed by atoms with Gasteiger partial charge in [0.05, 0.1) is 5.69 Å². The third-order valence-electron chi connectivity index (χ3n) is 5.20. The van der Waals surface area contributed by atoms with Gasteiger partial charge in [0.2, 0.25) is 11.8 Å². The Morgan fingerprint density at radius 3 is 2.00 bits per heavy atom. The van der Waals surface area contributed by atoms with Gasteiger partial charge in [0, 0.05) is 39.3 Å². The van der Waals surface area contributed by atoms with E-state index in [1.165, 1.54) is 5.56 Å². The van der Waals surface area contributed by atoms with E-state index < -0.39 is 5.92 Å². The molecule has 5 nitrogen and oxygen atoms in total. The number of nitrogens with zero attached hydrogens (tertiary/aromatic N) is 3. The van der Waals surface area contributed by atoms with Crippen molar-refractivity contribution in [1.29, 1.82) is 0 Å². The summed E-state index contributed by atoms with van der Waals surface area (Å²) < 4.78 is 0. The molecule has 1 unspecified atom stereocenters. The lowest BCUT2D eigenvalue weighted by Crippen LogP contribution is -2.51.